The van der Waals surface area contributed by atoms with Gasteiger partial charge < -0.3 is 26.6 Å². The van der Waals surface area contributed by atoms with Crippen molar-refractivity contribution >= 4 is 40.3 Å². The number of carbonyl (C=O) groups is 5. The first kappa shape index (κ1) is 34.9. The second kappa shape index (κ2) is 12.7. The van der Waals surface area contributed by atoms with Crippen LogP contribution in [0.3, 0.4) is 0 Å². The fourth-order valence-corrected chi connectivity index (χ4v) is 8.79. The minimum absolute atomic E-state index is 0.0406. The van der Waals surface area contributed by atoms with Gasteiger partial charge in [-0.1, -0.05) is 40.0 Å². The van der Waals surface area contributed by atoms with Crippen LogP contribution in [0.2, 0.25) is 0 Å². The summed E-state index contributed by atoms with van der Waals surface area (Å²) in [4.78, 5) is 67.5. The van der Waals surface area contributed by atoms with E-state index in [1.54, 1.807) is 4.90 Å². The van der Waals surface area contributed by atoms with Gasteiger partial charge >= 0.3 is 6.03 Å². The van der Waals surface area contributed by atoms with E-state index in [1.807, 2.05) is 41.5 Å². The molecule has 1 aliphatic heterocycles. The summed E-state index contributed by atoms with van der Waals surface area (Å²) >= 11 is 0. The molecule has 4 aliphatic rings. The van der Waals surface area contributed by atoms with Crippen molar-refractivity contribution in [1.29, 1.82) is 0 Å². The van der Waals surface area contributed by atoms with Gasteiger partial charge in [0.25, 0.3) is 5.91 Å². The number of primary amides is 1. The lowest BCUT2D eigenvalue weighted by molar-refractivity contribution is -0.144. The van der Waals surface area contributed by atoms with E-state index in [0.717, 1.165) is 32.1 Å². The van der Waals surface area contributed by atoms with E-state index in [2.05, 4.69) is 21.9 Å². The molecule has 1 spiro atoms. The van der Waals surface area contributed by atoms with Crippen LogP contribution >= 0.6 is 0 Å². The predicted molar refractivity (Wildman–Crippen MR) is 172 cm³/mol. The second-order valence-corrected chi connectivity index (χ2v) is 17.9. The molecule has 12 heteroatoms. The number of nitrogens with zero attached hydrogens (tertiary/aromatic N) is 1. The Morgan fingerprint density at radius 1 is 1.00 bits per heavy atom. The van der Waals surface area contributed by atoms with Gasteiger partial charge in [0, 0.05) is 34.3 Å². The smallest absolute Gasteiger partial charge is 0.315 e. The first-order chi connectivity index (χ1) is 20.9. The van der Waals surface area contributed by atoms with Crippen molar-refractivity contribution in [3.05, 3.63) is 0 Å². The number of hydrogen-bond acceptors (Lipinski definition) is 6. The number of hydrogen-bond donors (Lipinski definition) is 4. The number of fused-ring (bicyclic) bond motifs is 3. The number of rotatable bonds is 11. The van der Waals surface area contributed by atoms with Gasteiger partial charge in [-0.05, 0) is 75.5 Å². The Labute approximate surface area is 269 Å². The molecule has 4 rings (SSSR count). The Morgan fingerprint density at radius 3 is 2.13 bits per heavy atom. The number of carbonyl (C=O) groups excluding carboxylic acids is 5. The standard InChI is InChI=1S/C33H51N5O6S/c1-8-9-13-21(24(39)26(34)40)35-27(41)23-22-20(33(22)16-17-33)18-38(23)28(42)25(30(2,3)4)36-29(43)37-32(14-11-10-12-15-32)19-45(44)31(5,6)7/h1,20-23,25H,9-19H2,2-7H3,(H2,34,40)(H,35,41)(H2,36,37,43)/t20?,21?,22-,23-,25+,45?/m0/s1. The molecule has 1 heterocycles. The fourth-order valence-electron chi connectivity index (χ4n) is 7.49. The van der Waals surface area contributed by atoms with Crippen molar-refractivity contribution in [3.8, 4) is 12.3 Å². The van der Waals surface area contributed by atoms with Crippen LogP contribution in [0.1, 0.15) is 99.3 Å². The first-order valence-corrected chi connectivity index (χ1v) is 17.5. The maximum Gasteiger partial charge on any atom is 0.315 e. The van der Waals surface area contributed by atoms with Crippen LogP contribution < -0.4 is 21.7 Å². The van der Waals surface area contributed by atoms with Crippen LogP contribution in [0, 0.1) is 35.0 Å². The molecule has 0 aromatic rings. The van der Waals surface area contributed by atoms with Gasteiger partial charge in [-0.3, -0.25) is 23.4 Å². The quantitative estimate of drug-likeness (QED) is 0.198. The zero-order valence-corrected chi connectivity index (χ0v) is 28.4. The van der Waals surface area contributed by atoms with E-state index in [-0.39, 0.29) is 36.0 Å². The molecule has 0 radical (unpaired) electrons. The molecular weight excluding hydrogens is 594 g/mol. The molecule has 1 saturated heterocycles. The van der Waals surface area contributed by atoms with Crippen molar-refractivity contribution in [2.45, 2.75) is 128 Å². The lowest BCUT2D eigenvalue weighted by Crippen LogP contribution is -2.63. The van der Waals surface area contributed by atoms with Crippen LogP contribution in [0.25, 0.3) is 0 Å². The van der Waals surface area contributed by atoms with Crippen molar-refractivity contribution < 1.29 is 28.2 Å². The third-order valence-electron chi connectivity index (χ3n) is 10.3. The van der Waals surface area contributed by atoms with E-state index in [1.165, 1.54) is 0 Å². The molecule has 0 aromatic heterocycles. The number of piperidine rings is 1. The summed E-state index contributed by atoms with van der Waals surface area (Å²) in [5.41, 5.74) is 3.94. The third-order valence-corrected chi connectivity index (χ3v) is 12.5. The van der Waals surface area contributed by atoms with E-state index >= 15 is 0 Å². The lowest BCUT2D eigenvalue weighted by atomic mass is 9.83. The Bertz CT molecular complexity index is 1280. The average molecular weight is 646 g/mol. The Kier molecular flexibility index (Phi) is 9.85. The number of amides is 5. The molecule has 3 aliphatic carbocycles. The molecule has 3 saturated carbocycles. The fraction of sp³-hybridized carbons (Fsp3) is 0.788. The second-order valence-electron chi connectivity index (χ2n) is 15.7. The summed E-state index contributed by atoms with van der Waals surface area (Å²) < 4.78 is 12.7. The Morgan fingerprint density at radius 2 is 1.62 bits per heavy atom. The molecule has 0 aromatic carbocycles. The number of Topliss-reactive ketones (excluding diaryl/α,β-unsaturated/α-hetero) is 1. The number of ketones is 1. The molecule has 11 nitrogen and oxygen atoms in total. The maximum atomic E-state index is 14.3. The number of terminal acetylenes is 1. The normalized spacial score (nSPS) is 26.4. The van der Waals surface area contributed by atoms with Gasteiger partial charge in [0.15, 0.2) is 0 Å². The number of urea groups is 1. The van der Waals surface area contributed by atoms with Crippen LogP contribution in [0.15, 0.2) is 0 Å². The van der Waals surface area contributed by atoms with Gasteiger partial charge in [0.05, 0.1) is 11.6 Å². The SMILES string of the molecule is C#CCCC(NC(=O)[C@@H]1[C@@H]2C(CN1C(=O)[C@@H](NC(=O)NC1(CS(=O)C(C)(C)C)CCCCC1)C(C)(C)C)C21CC1)C(=O)C(N)=O. The highest BCUT2D eigenvalue weighted by atomic mass is 32.2. The molecule has 45 heavy (non-hydrogen) atoms. The highest BCUT2D eigenvalue weighted by molar-refractivity contribution is 7.86. The van der Waals surface area contributed by atoms with Gasteiger partial charge in [0.2, 0.25) is 17.6 Å². The summed E-state index contributed by atoms with van der Waals surface area (Å²) in [6.45, 7) is 11.7. The summed E-state index contributed by atoms with van der Waals surface area (Å²) in [6, 6.07) is -3.48. The van der Waals surface area contributed by atoms with Crippen LogP contribution in [0.4, 0.5) is 4.79 Å². The van der Waals surface area contributed by atoms with Gasteiger partial charge in [-0.25, -0.2) is 4.79 Å². The zero-order valence-electron chi connectivity index (χ0n) is 27.6. The van der Waals surface area contributed by atoms with E-state index in [0.29, 0.717) is 25.1 Å². The van der Waals surface area contributed by atoms with Crippen LogP contribution in [0.5, 0.6) is 0 Å². The average Bonchev–Trinajstić information content (AvgIpc) is 3.80. The van der Waals surface area contributed by atoms with Crippen molar-refractivity contribution in [1.82, 2.24) is 20.9 Å². The van der Waals surface area contributed by atoms with Crippen LogP contribution in [-0.2, 0) is 30.0 Å². The predicted octanol–water partition coefficient (Wildman–Crippen LogP) is 2.14. The van der Waals surface area contributed by atoms with E-state index in [4.69, 9.17) is 12.2 Å². The van der Waals surface area contributed by atoms with E-state index < -0.39 is 68.3 Å². The lowest BCUT2D eigenvalue weighted by Gasteiger charge is -2.41. The number of nitrogens with one attached hydrogen (secondary N) is 3. The zero-order chi connectivity index (χ0) is 33.5. The molecule has 5 N–H and O–H groups in total. The van der Waals surface area contributed by atoms with Crippen molar-refractivity contribution in [2.75, 3.05) is 12.3 Å². The highest BCUT2D eigenvalue weighted by Gasteiger charge is 2.79. The minimum atomic E-state index is -1.18. The molecule has 4 fully saturated rings. The monoisotopic (exact) mass is 645 g/mol. The first-order valence-electron chi connectivity index (χ1n) is 16.2. The summed E-state index contributed by atoms with van der Waals surface area (Å²) in [5.74, 6) is -0.116. The van der Waals surface area contributed by atoms with Gasteiger partial charge in [-0.2, -0.15) is 0 Å². The van der Waals surface area contributed by atoms with Crippen molar-refractivity contribution in [2.24, 2.45) is 28.4 Å². The molecule has 3 unspecified atom stereocenters. The Balaban J connectivity index is 1.53. The number of nitrogens with two attached hydrogens (primary N) is 1. The number of likely N-dealkylation sites (tertiary alicyclic amines) is 1. The topological polar surface area (TPSA) is 168 Å². The Hall–Kier alpha value is -2.94. The molecule has 250 valence electrons. The largest absolute Gasteiger partial charge is 0.363 e. The molecule has 0 bridgehead atoms. The third kappa shape index (κ3) is 7.39. The molecular formula is C33H51N5O6S. The molecule has 5 amide bonds. The summed E-state index contributed by atoms with van der Waals surface area (Å²) in [5, 5.41) is 8.75. The summed E-state index contributed by atoms with van der Waals surface area (Å²) in [7, 11) is -1.18. The van der Waals surface area contributed by atoms with Crippen LogP contribution in [-0.4, -0.2) is 79.4 Å². The highest BCUT2D eigenvalue weighted by Crippen LogP contribution is 2.78. The van der Waals surface area contributed by atoms with E-state index in [9.17, 15) is 28.2 Å². The van der Waals surface area contributed by atoms with Gasteiger partial charge in [-0.15, -0.1) is 12.3 Å². The van der Waals surface area contributed by atoms with Gasteiger partial charge in [0.1, 0.15) is 12.1 Å². The van der Waals surface area contributed by atoms with Crippen molar-refractivity contribution in [3.63, 3.8) is 0 Å². The summed E-state index contributed by atoms with van der Waals surface area (Å²) in [6.07, 6.45) is 11.8. The maximum absolute atomic E-state index is 14.3. The molecule has 6 atom stereocenters. The minimum Gasteiger partial charge on any atom is -0.363 e.